The first-order chi connectivity index (χ1) is 8.62. The van der Waals surface area contributed by atoms with Crippen LogP contribution in [0.15, 0.2) is 33.6 Å². The van der Waals surface area contributed by atoms with Crippen LogP contribution < -0.4 is 0 Å². The molecular weight excluding hydrogens is 252 g/mol. The van der Waals surface area contributed by atoms with Gasteiger partial charge in [-0.1, -0.05) is 12.1 Å². The van der Waals surface area contributed by atoms with Gasteiger partial charge in [0, 0.05) is 31.2 Å². The summed E-state index contributed by atoms with van der Waals surface area (Å²) in [5.41, 5.74) is 0.677. The number of benzene rings is 1. The highest BCUT2D eigenvalue weighted by atomic mass is 32.2. The zero-order valence-corrected chi connectivity index (χ0v) is 10.6. The van der Waals surface area contributed by atoms with Crippen molar-refractivity contribution in [3.05, 3.63) is 29.8 Å². The highest BCUT2D eigenvalue weighted by molar-refractivity contribution is 7.90. The first-order valence-electron chi connectivity index (χ1n) is 5.92. The van der Waals surface area contributed by atoms with Crippen LogP contribution in [0, 0.1) is 5.92 Å². The van der Waals surface area contributed by atoms with E-state index in [0.29, 0.717) is 17.9 Å². The van der Waals surface area contributed by atoms with E-state index < -0.39 is 10.0 Å². The minimum atomic E-state index is -3.53. The first-order valence-corrected chi connectivity index (χ1v) is 7.36. The molecule has 18 heavy (non-hydrogen) atoms. The van der Waals surface area contributed by atoms with E-state index >= 15 is 0 Å². The Morgan fingerprint density at radius 3 is 2.89 bits per heavy atom. The highest BCUT2D eigenvalue weighted by Crippen LogP contribution is 2.29. The second kappa shape index (κ2) is 4.07. The average Bonchev–Trinajstić information content (AvgIpc) is 2.93. The van der Waals surface area contributed by atoms with Crippen LogP contribution in [0.3, 0.4) is 0 Å². The largest absolute Gasteiger partial charge is 0.396 e. The van der Waals surface area contributed by atoms with Crippen molar-refractivity contribution in [2.75, 3.05) is 19.7 Å². The van der Waals surface area contributed by atoms with Crippen LogP contribution in [0.4, 0.5) is 0 Å². The molecule has 2 aliphatic rings. The van der Waals surface area contributed by atoms with E-state index in [4.69, 9.17) is 5.11 Å². The molecule has 1 fully saturated rings. The number of hydrogen-bond acceptors (Lipinski definition) is 4. The van der Waals surface area contributed by atoms with Gasteiger partial charge in [-0.2, -0.15) is 8.42 Å². The summed E-state index contributed by atoms with van der Waals surface area (Å²) in [6.07, 6.45) is 0.873. The van der Waals surface area contributed by atoms with Crippen LogP contribution in [-0.4, -0.2) is 44.0 Å². The first kappa shape index (κ1) is 11.7. The molecule has 0 radical (unpaired) electrons. The van der Waals surface area contributed by atoms with Gasteiger partial charge in [0.1, 0.15) is 4.90 Å². The Hall–Kier alpha value is -1.40. The van der Waals surface area contributed by atoms with Crippen molar-refractivity contribution in [1.29, 1.82) is 0 Å². The summed E-state index contributed by atoms with van der Waals surface area (Å²) >= 11 is 0. The van der Waals surface area contributed by atoms with E-state index in [2.05, 4.69) is 4.40 Å². The van der Waals surface area contributed by atoms with E-state index in [-0.39, 0.29) is 17.4 Å². The van der Waals surface area contributed by atoms with Crippen molar-refractivity contribution in [2.24, 2.45) is 10.3 Å². The number of aliphatic hydroxyl groups is 1. The van der Waals surface area contributed by atoms with Crippen LogP contribution in [0.2, 0.25) is 0 Å². The zero-order chi connectivity index (χ0) is 12.8. The lowest BCUT2D eigenvalue weighted by Crippen LogP contribution is -2.29. The van der Waals surface area contributed by atoms with Crippen molar-refractivity contribution >= 4 is 15.9 Å². The van der Waals surface area contributed by atoms with Crippen LogP contribution >= 0.6 is 0 Å². The number of nitrogens with zero attached hydrogens (tertiary/aromatic N) is 2. The van der Waals surface area contributed by atoms with Crippen molar-refractivity contribution in [2.45, 2.75) is 11.3 Å². The highest BCUT2D eigenvalue weighted by Gasteiger charge is 2.34. The van der Waals surface area contributed by atoms with Gasteiger partial charge in [-0.15, -0.1) is 4.40 Å². The van der Waals surface area contributed by atoms with E-state index in [1.54, 1.807) is 18.2 Å². The molecule has 2 heterocycles. The van der Waals surface area contributed by atoms with E-state index in [1.807, 2.05) is 11.0 Å². The molecule has 1 aromatic carbocycles. The zero-order valence-electron chi connectivity index (χ0n) is 9.78. The van der Waals surface area contributed by atoms with Gasteiger partial charge >= 0.3 is 0 Å². The maximum atomic E-state index is 11.9. The Kier molecular flexibility index (Phi) is 2.64. The maximum absolute atomic E-state index is 11.9. The summed E-state index contributed by atoms with van der Waals surface area (Å²) in [7, 11) is -3.53. The molecule has 96 valence electrons. The summed E-state index contributed by atoms with van der Waals surface area (Å²) in [6, 6.07) is 6.88. The van der Waals surface area contributed by atoms with Crippen LogP contribution in [0.5, 0.6) is 0 Å². The van der Waals surface area contributed by atoms with Crippen LogP contribution in [0.1, 0.15) is 12.0 Å². The molecule has 1 atom stereocenters. The minimum Gasteiger partial charge on any atom is -0.396 e. The second-order valence-electron chi connectivity index (χ2n) is 4.67. The lowest BCUT2D eigenvalue weighted by Gasteiger charge is -2.17. The van der Waals surface area contributed by atoms with Gasteiger partial charge in [0.25, 0.3) is 10.0 Å². The number of rotatable bonds is 1. The smallest absolute Gasteiger partial charge is 0.285 e. The summed E-state index contributed by atoms with van der Waals surface area (Å²) in [5, 5.41) is 9.14. The lowest BCUT2D eigenvalue weighted by molar-refractivity contribution is 0.232. The Bertz CT molecular complexity index is 610. The summed E-state index contributed by atoms with van der Waals surface area (Å²) < 4.78 is 27.7. The van der Waals surface area contributed by atoms with Gasteiger partial charge in [0.2, 0.25) is 0 Å². The monoisotopic (exact) mass is 266 g/mol. The van der Waals surface area contributed by atoms with Gasteiger partial charge in [0.15, 0.2) is 5.84 Å². The SMILES string of the molecule is O=S1(=O)N=C(N2CC[C@H](CO)C2)c2ccccc21. The van der Waals surface area contributed by atoms with Crippen molar-refractivity contribution in [3.8, 4) is 0 Å². The number of sulfonamides is 1. The topological polar surface area (TPSA) is 70.0 Å². The fraction of sp³-hybridized carbons (Fsp3) is 0.417. The Balaban J connectivity index is 2.00. The molecule has 0 amide bonds. The molecule has 1 saturated heterocycles. The number of fused-ring (bicyclic) bond motifs is 1. The average molecular weight is 266 g/mol. The molecule has 2 aliphatic heterocycles. The number of likely N-dealkylation sites (tertiary alicyclic amines) is 1. The number of aliphatic hydroxyl groups excluding tert-OH is 1. The van der Waals surface area contributed by atoms with Crippen LogP contribution in [0.25, 0.3) is 0 Å². The minimum absolute atomic E-state index is 0.137. The molecular formula is C12H14N2O3S. The number of hydrogen-bond donors (Lipinski definition) is 1. The Labute approximate surface area is 106 Å². The van der Waals surface area contributed by atoms with E-state index in [0.717, 1.165) is 13.0 Å². The Morgan fingerprint density at radius 2 is 2.17 bits per heavy atom. The summed E-state index contributed by atoms with van der Waals surface area (Å²) in [4.78, 5) is 2.23. The molecule has 0 aliphatic carbocycles. The lowest BCUT2D eigenvalue weighted by atomic mass is 10.1. The fourth-order valence-electron chi connectivity index (χ4n) is 2.49. The normalized spacial score (nSPS) is 25.1. The van der Waals surface area contributed by atoms with Gasteiger partial charge in [-0.3, -0.25) is 0 Å². The molecule has 6 heteroatoms. The van der Waals surface area contributed by atoms with Crippen molar-refractivity contribution in [1.82, 2.24) is 4.90 Å². The molecule has 5 nitrogen and oxygen atoms in total. The third-order valence-electron chi connectivity index (χ3n) is 3.46. The van der Waals surface area contributed by atoms with Crippen LogP contribution in [-0.2, 0) is 10.0 Å². The Morgan fingerprint density at radius 1 is 1.39 bits per heavy atom. The summed E-state index contributed by atoms with van der Waals surface area (Å²) in [6.45, 7) is 1.55. The van der Waals surface area contributed by atoms with Gasteiger partial charge < -0.3 is 10.0 Å². The molecule has 0 unspecified atom stereocenters. The molecule has 0 saturated carbocycles. The molecule has 3 rings (SSSR count). The molecule has 0 bridgehead atoms. The van der Waals surface area contributed by atoms with E-state index in [1.165, 1.54) is 0 Å². The number of amidine groups is 1. The van der Waals surface area contributed by atoms with E-state index in [9.17, 15) is 8.42 Å². The third-order valence-corrected chi connectivity index (χ3v) is 4.78. The van der Waals surface area contributed by atoms with Crippen molar-refractivity contribution in [3.63, 3.8) is 0 Å². The van der Waals surface area contributed by atoms with Crippen molar-refractivity contribution < 1.29 is 13.5 Å². The second-order valence-corrected chi connectivity index (χ2v) is 6.24. The predicted octanol–water partition coefficient (Wildman–Crippen LogP) is 0.450. The molecule has 1 aromatic rings. The molecule has 0 aromatic heterocycles. The molecule has 1 N–H and O–H groups in total. The molecule has 0 spiro atoms. The van der Waals surface area contributed by atoms with Gasteiger partial charge in [-0.25, -0.2) is 0 Å². The van der Waals surface area contributed by atoms with Gasteiger partial charge in [-0.05, 0) is 18.6 Å². The predicted molar refractivity (Wildman–Crippen MR) is 66.9 cm³/mol. The third kappa shape index (κ3) is 1.72. The standard InChI is InChI=1S/C12H14N2O3S/c15-8-9-5-6-14(7-9)12-10-3-1-2-4-11(10)18(16,17)13-12/h1-4,9,15H,5-8H2/t9-/m0/s1. The van der Waals surface area contributed by atoms with Gasteiger partial charge in [0.05, 0.1) is 0 Å². The summed E-state index contributed by atoms with van der Waals surface area (Å²) in [5.74, 6) is 0.740. The fourth-order valence-corrected chi connectivity index (χ4v) is 3.72. The maximum Gasteiger partial charge on any atom is 0.285 e. The quantitative estimate of drug-likeness (QED) is 0.801.